The fourth-order valence-electron chi connectivity index (χ4n) is 8.89. The van der Waals surface area contributed by atoms with Crippen LogP contribution in [0.2, 0.25) is 0 Å². The number of nitrogens with one attached hydrogen (secondary N) is 2. The normalized spacial score (nSPS) is 16.9. The summed E-state index contributed by atoms with van der Waals surface area (Å²) in [6, 6.07) is 29.2. The van der Waals surface area contributed by atoms with Gasteiger partial charge in [-0.2, -0.15) is 8.61 Å². The fraction of sp³-hybridized carbons (Fsp3) is 0.534. The van der Waals surface area contributed by atoms with E-state index in [0.717, 1.165) is 11.1 Å². The largest absolute Gasteiger partial charge is 0.497 e. The Morgan fingerprint density at radius 3 is 1.52 bits per heavy atom. The molecule has 22 heteroatoms. The first-order chi connectivity index (χ1) is 38.0. The summed E-state index contributed by atoms with van der Waals surface area (Å²) in [4.78, 5) is 36.9. The Kier molecular flexibility index (Phi) is 25.6. The molecule has 0 saturated carbocycles. The molecule has 0 spiro atoms. The minimum Gasteiger partial charge on any atom is -0.497 e. The van der Waals surface area contributed by atoms with E-state index in [1.807, 2.05) is 67.6 Å². The maximum absolute atomic E-state index is 13.8. The number of aliphatic hydroxyl groups excluding tert-OH is 2. The van der Waals surface area contributed by atoms with Crippen LogP contribution in [0.1, 0.15) is 90.7 Å². The summed E-state index contributed by atoms with van der Waals surface area (Å²) >= 11 is 0. The zero-order valence-corrected chi connectivity index (χ0v) is 48.8. The molecule has 2 fully saturated rings. The Bertz CT molecular complexity index is 2720. The van der Waals surface area contributed by atoms with E-state index in [1.165, 1.54) is 54.0 Å². The van der Waals surface area contributed by atoms with Gasteiger partial charge < -0.3 is 58.8 Å². The highest BCUT2D eigenvalue weighted by atomic mass is 32.2. The number of aliphatic hydroxyl groups is 2. The van der Waals surface area contributed by atoms with E-state index in [1.54, 1.807) is 45.0 Å². The SMILES string of the molecule is COc1ccc(S(=O)(=O)N(CCCCC(C)=O)C[C@@H](O)[C@H](Cc2ccccc2)NC(=O)OC2CCOC2)cc1.COc1ccc(S(=O)(=O)N(CCCCC2(C)OCCO2)C[C@@H](O)[C@H](Cc2ccccc2)NC(=O)OC(C)(C)C)cc1. The Balaban J connectivity index is 0.000000294. The van der Waals surface area contributed by atoms with Gasteiger partial charge >= 0.3 is 12.2 Å². The van der Waals surface area contributed by atoms with Crippen LogP contribution in [0, 0.1) is 0 Å². The first-order valence-corrected chi connectivity index (χ1v) is 29.9. The van der Waals surface area contributed by atoms with E-state index >= 15 is 0 Å². The number of carbonyl (C=O) groups is 3. The van der Waals surface area contributed by atoms with E-state index in [2.05, 4.69) is 10.6 Å². The zero-order valence-electron chi connectivity index (χ0n) is 47.1. The van der Waals surface area contributed by atoms with E-state index in [-0.39, 0.29) is 60.7 Å². The third kappa shape index (κ3) is 21.7. The number of carbonyl (C=O) groups excluding carboxylic acids is 3. The molecule has 4 N–H and O–H groups in total. The van der Waals surface area contributed by atoms with Gasteiger partial charge in [-0.15, -0.1) is 0 Å². The molecule has 4 aromatic rings. The van der Waals surface area contributed by atoms with Crippen molar-refractivity contribution in [3.8, 4) is 11.5 Å². The van der Waals surface area contributed by atoms with Crippen LogP contribution in [0.15, 0.2) is 119 Å². The number of benzene rings is 4. The molecule has 2 aliphatic rings. The number of hydrogen-bond donors (Lipinski definition) is 4. The molecule has 0 bridgehead atoms. The van der Waals surface area contributed by atoms with Gasteiger partial charge in [0, 0.05) is 45.4 Å². The van der Waals surface area contributed by atoms with Gasteiger partial charge in [-0.3, -0.25) is 0 Å². The van der Waals surface area contributed by atoms with Crippen LogP contribution in [-0.4, -0.2) is 162 Å². The van der Waals surface area contributed by atoms with Crippen LogP contribution >= 0.6 is 0 Å². The second-order valence-corrected chi connectivity index (χ2v) is 24.8. The minimum atomic E-state index is -4.00. The van der Waals surface area contributed by atoms with Crippen molar-refractivity contribution < 1.29 is 74.6 Å². The monoisotopic (exact) mass is 1150 g/mol. The van der Waals surface area contributed by atoms with Gasteiger partial charge in [0.2, 0.25) is 20.0 Å². The third-order valence-corrected chi connectivity index (χ3v) is 17.0. The van der Waals surface area contributed by atoms with Gasteiger partial charge in [0.15, 0.2) is 5.79 Å². The summed E-state index contributed by atoms with van der Waals surface area (Å²) in [6.45, 7) is 10.3. The quantitative estimate of drug-likeness (QED) is 0.0397. The van der Waals surface area contributed by atoms with Crippen molar-refractivity contribution in [2.45, 2.75) is 144 Å². The second kappa shape index (κ2) is 31.5. The molecule has 1 unspecified atom stereocenters. The number of alkyl carbamates (subject to hydrolysis) is 2. The highest BCUT2D eigenvalue weighted by Crippen LogP contribution is 2.27. The Hall–Kier alpha value is -5.69. The average molecular weight is 1160 g/mol. The molecular formula is C58H82N4O16S2. The van der Waals surface area contributed by atoms with Crippen molar-refractivity contribution in [1.82, 2.24) is 19.2 Å². The summed E-state index contributed by atoms with van der Waals surface area (Å²) in [6.07, 6.45) is -0.0142. The van der Waals surface area contributed by atoms with Crippen LogP contribution in [0.25, 0.3) is 0 Å². The van der Waals surface area contributed by atoms with Gasteiger partial charge in [-0.05, 0) is 133 Å². The maximum Gasteiger partial charge on any atom is 0.407 e. The van der Waals surface area contributed by atoms with Crippen molar-refractivity contribution in [2.24, 2.45) is 0 Å². The number of rotatable bonds is 29. The zero-order chi connectivity index (χ0) is 58.4. The summed E-state index contributed by atoms with van der Waals surface area (Å²) in [5.74, 6) is 0.403. The first kappa shape index (κ1) is 65.1. The van der Waals surface area contributed by atoms with Crippen molar-refractivity contribution in [2.75, 3.05) is 66.8 Å². The smallest absolute Gasteiger partial charge is 0.407 e. The third-order valence-electron chi connectivity index (χ3n) is 13.2. The maximum atomic E-state index is 13.8. The molecule has 2 saturated heterocycles. The molecule has 2 heterocycles. The van der Waals surface area contributed by atoms with E-state index in [0.29, 0.717) is 82.9 Å². The predicted molar refractivity (Wildman–Crippen MR) is 300 cm³/mol. The Morgan fingerprint density at radius 1 is 0.662 bits per heavy atom. The molecule has 0 radical (unpaired) electrons. The molecular weight excluding hydrogens is 1070 g/mol. The van der Waals surface area contributed by atoms with Crippen LogP contribution in [0.5, 0.6) is 11.5 Å². The van der Waals surface area contributed by atoms with Crippen LogP contribution in [0.3, 0.4) is 0 Å². The fourth-order valence-corrected chi connectivity index (χ4v) is 11.9. The second-order valence-electron chi connectivity index (χ2n) is 20.9. The molecule has 6 rings (SSSR count). The number of Topliss-reactive ketones (excluding diaryl/α,β-unsaturated/α-hetero) is 1. The Morgan fingerprint density at radius 2 is 1.11 bits per heavy atom. The van der Waals surface area contributed by atoms with Crippen LogP contribution in [0.4, 0.5) is 9.59 Å². The number of ether oxygens (including phenoxy) is 7. The molecule has 4 aromatic carbocycles. The minimum absolute atomic E-state index is 0.0258. The van der Waals surface area contributed by atoms with Crippen molar-refractivity contribution in [3.63, 3.8) is 0 Å². The summed E-state index contributed by atoms with van der Waals surface area (Å²) < 4.78 is 95.0. The van der Waals surface area contributed by atoms with Crippen LogP contribution in [-0.2, 0) is 61.4 Å². The summed E-state index contributed by atoms with van der Waals surface area (Å²) in [7, 11) is -4.99. The number of hydrogen-bond acceptors (Lipinski definition) is 16. The van der Waals surface area contributed by atoms with Crippen molar-refractivity contribution in [1.29, 1.82) is 0 Å². The predicted octanol–water partition coefficient (Wildman–Crippen LogP) is 7.05. The van der Waals surface area contributed by atoms with Gasteiger partial charge in [-0.1, -0.05) is 60.7 Å². The number of methoxy groups -OCH3 is 2. The number of nitrogens with zero attached hydrogens (tertiary/aromatic N) is 2. The molecule has 442 valence electrons. The molecule has 2 amide bonds. The molecule has 20 nitrogen and oxygen atoms in total. The molecule has 0 aliphatic carbocycles. The molecule has 2 aliphatic heterocycles. The van der Waals surface area contributed by atoms with Gasteiger partial charge in [0.05, 0.1) is 74.7 Å². The first-order valence-electron chi connectivity index (χ1n) is 27.0. The topological polar surface area (TPSA) is 255 Å². The van der Waals surface area contributed by atoms with Crippen molar-refractivity contribution in [3.05, 3.63) is 120 Å². The highest BCUT2D eigenvalue weighted by molar-refractivity contribution is 7.89. The number of ketones is 1. The van der Waals surface area contributed by atoms with E-state index in [4.69, 9.17) is 33.2 Å². The lowest BCUT2D eigenvalue weighted by Gasteiger charge is -2.31. The van der Waals surface area contributed by atoms with Gasteiger partial charge in [-0.25, -0.2) is 26.4 Å². The van der Waals surface area contributed by atoms with E-state index in [9.17, 15) is 41.4 Å². The van der Waals surface area contributed by atoms with Crippen molar-refractivity contribution >= 4 is 38.0 Å². The summed E-state index contributed by atoms with van der Waals surface area (Å²) in [5, 5.41) is 28.2. The molecule has 5 atom stereocenters. The highest BCUT2D eigenvalue weighted by Gasteiger charge is 2.35. The van der Waals surface area contributed by atoms with Crippen LogP contribution < -0.4 is 20.1 Å². The van der Waals surface area contributed by atoms with Gasteiger partial charge in [0.1, 0.15) is 29.0 Å². The summed E-state index contributed by atoms with van der Waals surface area (Å²) in [5.41, 5.74) is 0.999. The number of amides is 2. The lowest BCUT2D eigenvalue weighted by atomic mass is 10.0. The number of sulfonamides is 2. The lowest BCUT2D eigenvalue weighted by Crippen LogP contribution is -2.51. The Labute approximate surface area is 472 Å². The molecule has 0 aromatic heterocycles. The lowest BCUT2D eigenvalue weighted by molar-refractivity contribution is -0.147. The average Bonchev–Trinajstić information content (AvgIpc) is 4.14. The standard InChI is InChI=1S/C30H44N2O8S.C28H38N2O8S/c1-29(2,3)40-28(34)31-26(21-23-11-7-6-8-12-23)27(33)22-32(18-10-9-17-30(4)38-19-20-39-30)41(35,36)25-15-13-24(37-5)14-16-25;1-21(31)8-6-7-16-30(39(34,35)25-13-11-23(36-2)12-14-25)19-27(32)26(18-22-9-4-3-5-10-22)29-28(33)38-24-15-17-37-20-24/h6-8,11-16,26-27,33H,9-10,17-22H2,1-5H3,(H,31,34);3-5,9-14,24,26-27,32H,6-8,15-20H2,1-2H3,(H,29,33)/t26-,27+;24?,26-,27+/m00/s1. The molecule has 80 heavy (non-hydrogen) atoms. The number of unbranched alkanes of at least 4 members (excludes halogenated alkanes) is 2. The van der Waals surface area contributed by atoms with E-state index < -0.39 is 67.9 Å². The van der Waals surface area contributed by atoms with Gasteiger partial charge in [0.25, 0.3) is 0 Å².